The van der Waals surface area contributed by atoms with Crippen LogP contribution < -0.4 is 14.4 Å². The maximum atomic E-state index is 13.4. The molecule has 0 N–H and O–H groups in total. The highest BCUT2D eigenvalue weighted by Gasteiger charge is 2.35. The molecule has 162 valence electrons. The summed E-state index contributed by atoms with van der Waals surface area (Å²) in [7, 11) is 1.34. The summed E-state index contributed by atoms with van der Waals surface area (Å²) in [5, 5.41) is 0. The second-order valence-electron chi connectivity index (χ2n) is 7.17. The lowest BCUT2D eigenvalue weighted by Crippen LogP contribution is -2.41. The lowest BCUT2D eigenvalue weighted by Gasteiger charge is -2.28. The van der Waals surface area contributed by atoms with Crippen molar-refractivity contribution in [3.05, 3.63) is 89.0 Å². The van der Waals surface area contributed by atoms with Crippen LogP contribution in [0.1, 0.15) is 27.0 Å². The number of hydrogen-bond acceptors (Lipinski definition) is 4. The number of anilines is 1. The van der Waals surface area contributed by atoms with Gasteiger partial charge in [0.05, 0.1) is 12.8 Å². The number of carbonyl (C=O) groups is 2. The predicted octanol–water partition coefficient (Wildman–Crippen LogP) is 5.33. The number of halogens is 2. The van der Waals surface area contributed by atoms with Gasteiger partial charge in [0.15, 0.2) is 11.5 Å². The first-order chi connectivity index (χ1) is 15.4. The second-order valence-corrected chi connectivity index (χ2v) is 7.17. The van der Waals surface area contributed by atoms with E-state index in [2.05, 4.69) is 4.74 Å². The van der Waals surface area contributed by atoms with Gasteiger partial charge in [-0.05, 0) is 54.5 Å². The number of fused-ring (bicyclic) bond motifs is 1. The normalized spacial score (nSPS) is 14.7. The monoisotopic (exact) mass is 435 g/mol. The molecule has 0 atom stereocenters. The molecule has 32 heavy (non-hydrogen) atoms. The van der Waals surface area contributed by atoms with Crippen LogP contribution in [0, 0.1) is 6.92 Å². The average Bonchev–Trinajstić information content (AvgIpc) is 2.78. The largest absolute Gasteiger partial charge is 0.493 e. The van der Waals surface area contributed by atoms with E-state index in [1.54, 1.807) is 42.5 Å². The Morgan fingerprint density at radius 1 is 0.875 bits per heavy atom. The fourth-order valence-electron chi connectivity index (χ4n) is 3.55. The quantitative estimate of drug-likeness (QED) is 0.401. The number of rotatable bonds is 5. The molecule has 0 aliphatic carbocycles. The maximum absolute atomic E-state index is 13.4. The van der Waals surface area contributed by atoms with Crippen LogP contribution in [-0.4, -0.2) is 25.5 Å². The van der Waals surface area contributed by atoms with Crippen molar-refractivity contribution in [2.45, 2.75) is 13.5 Å². The Hall–Kier alpha value is -4.00. The first kappa shape index (κ1) is 21.2. The smallest absolute Gasteiger partial charge is 0.387 e. The van der Waals surface area contributed by atoms with E-state index in [1.807, 2.05) is 19.1 Å². The van der Waals surface area contributed by atoms with Gasteiger partial charge in [-0.25, -0.2) is 4.90 Å². The van der Waals surface area contributed by atoms with E-state index in [-0.39, 0.29) is 11.5 Å². The molecular weight excluding hydrogens is 416 g/mol. The van der Waals surface area contributed by atoms with Crippen molar-refractivity contribution in [3.63, 3.8) is 0 Å². The Labute approximate surface area is 183 Å². The van der Waals surface area contributed by atoms with Crippen LogP contribution in [0.2, 0.25) is 0 Å². The molecular formula is C25H19F2NO4. The van der Waals surface area contributed by atoms with Crippen molar-refractivity contribution in [1.29, 1.82) is 0 Å². The summed E-state index contributed by atoms with van der Waals surface area (Å²) in [5.74, 6) is -0.909. The molecule has 0 radical (unpaired) electrons. The molecule has 0 spiro atoms. The van der Waals surface area contributed by atoms with Crippen LogP contribution in [0.5, 0.6) is 11.5 Å². The van der Waals surface area contributed by atoms with Gasteiger partial charge in [-0.15, -0.1) is 0 Å². The molecule has 0 aromatic heterocycles. The fourth-order valence-corrected chi connectivity index (χ4v) is 3.55. The van der Waals surface area contributed by atoms with E-state index in [0.29, 0.717) is 28.0 Å². The van der Waals surface area contributed by atoms with E-state index in [9.17, 15) is 18.4 Å². The van der Waals surface area contributed by atoms with Crippen molar-refractivity contribution in [1.82, 2.24) is 0 Å². The molecule has 3 aromatic carbocycles. The van der Waals surface area contributed by atoms with Gasteiger partial charge in [0, 0.05) is 11.1 Å². The zero-order valence-corrected chi connectivity index (χ0v) is 17.3. The lowest BCUT2D eigenvalue weighted by atomic mass is 9.91. The van der Waals surface area contributed by atoms with Crippen molar-refractivity contribution in [2.75, 3.05) is 12.0 Å². The molecule has 1 aliphatic heterocycles. The van der Waals surface area contributed by atoms with Crippen LogP contribution in [0.15, 0.2) is 66.7 Å². The molecule has 7 heteroatoms. The predicted molar refractivity (Wildman–Crippen MR) is 117 cm³/mol. The van der Waals surface area contributed by atoms with Gasteiger partial charge in [0.25, 0.3) is 11.8 Å². The Bertz CT molecular complexity index is 1220. The van der Waals surface area contributed by atoms with Gasteiger partial charge in [0.2, 0.25) is 0 Å². The van der Waals surface area contributed by atoms with Crippen molar-refractivity contribution in [3.8, 4) is 11.5 Å². The highest BCUT2D eigenvalue weighted by molar-refractivity contribution is 6.43. The average molecular weight is 435 g/mol. The number of ether oxygens (including phenoxy) is 2. The molecule has 3 aromatic rings. The van der Waals surface area contributed by atoms with Crippen LogP contribution in [0.4, 0.5) is 14.5 Å². The topological polar surface area (TPSA) is 55.8 Å². The summed E-state index contributed by atoms with van der Waals surface area (Å²) in [4.78, 5) is 27.7. The number of hydrogen-bond donors (Lipinski definition) is 0. The minimum absolute atomic E-state index is 0.0997. The zero-order valence-electron chi connectivity index (χ0n) is 17.3. The first-order valence-electron chi connectivity index (χ1n) is 9.78. The van der Waals surface area contributed by atoms with E-state index in [0.717, 1.165) is 10.5 Å². The molecule has 0 unspecified atom stereocenters. The minimum Gasteiger partial charge on any atom is -0.493 e. The van der Waals surface area contributed by atoms with Crippen molar-refractivity contribution >= 4 is 29.2 Å². The maximum Gasteiger partial charge on any atom is 0.387 e. The van der Waals surface area contributed by atoms with Gasteiger partial charge in [0.1, 0.15) is 0 Å². The number of benzene rings is 3. The molecule has 4 rings (SSSR count). The number of nitrogens with zero attached hydrogens (tertiary/aromatic N) is 1. The summed E-state index contributed by atoms with van der Waals surface area (Å²) in [6.07, 6.45) is 1.60. The third kappa shape index (κ3) is 3.97. The summed E-state index contributed by atoms with van der Waals surface area (Å²) in [6, 6.07) is 18.3. The Morgan fingerprint density at radius 2 is 1.56 bits per heavy atom. The highest BCUT2D eigenvalue weighted by Crippen LogP contribution is 2.35. The van der Waals surface area contributed by atoms with E-state index in [1.165, 1.54) is 25.3 Å². The standard InChI is InChI=1S/C25H19F2NO4/c1-15-7-10-17(11-8-15)28-23(29)19-6-4-3-5-18(19)20(24(28)30)13-16-9-12-21(32-25(26)27)22(14-16)31-2/h3-14,25H,1-2H3/b20-13-. The Balaban J connectivity index is 1.83. The minimum atomic E-state index is -2.99. The number of carbonyl (C=O) groups excluding carboxylic acids is 2. The van der Waals surface area contributed by atoms with Crippen LogP contribution in [0.25, 0.3) is 11.6 Å². The SMILES string of the molecule is COc1cc(/C=C2\C(=O)N(c3ccc(C)cc3)C(=O)c3ccccc32)ccc1OC(F)F. The fraction of sp³-hybridized carbons (Fsp3) is 0.120. The van der Waals surface area contributed by atoms with E-state index < -0.39 is 18.4 Å². The van der Waals surface area contributed by atoms with Crippen molar-refractivity contribution < 1.29 is 27.8 Å². The van der Waals surface area contributed by atoms with Gasteiger partial charge in [-0.1, -0.05) is 42.0 Å². The van der Waals surface area contributed by atoms with Gasteiger partial charge in [-0.2, -0.15) is 8.78 Å². The highest BCUT2D eigenvalue weighted by atomic mass is 19.3. The van der Waals surface area contributed by atoms with Gasteiger partial charge >= 0.3 is 6.61 Å². The van der Waals surface area contributed by atoms with Gasteiger partial charge in [-0.3, -0.25) is 9.59 Å². The Kier molecular flexibility index (Phi) is 5.73. The molecule has 0 fully saturated rings. The third-order valence-corrected chi connectivity index (χ3v) is 5.09. The lowest BCUT2D eigenvalue weighted by molar-refractivity contribution is -0.112. The molecule has 0 saturated carbocycles. The van der Waals surface area contributed by atoms with Crippen molar-refractivity contribution in [2.24, 2.45) is 0 Å². The summed E-state index contributed by atoms with van der Waals surface area (Å²) >= 11 is 0. The molecule has 1 heterocycles. The number of amides is 2. The number of aryl methyl sites for hydroxylation is 1. The van der Waals surface area contributed by atoms with Crippen LogP contribution >= 0.6 is 0 Å². The zero-order chi connectivity index (χ0) is 22.8. The molecule has 5 nitrogen and oxygen atoms in total. The summed E-state index contributed by atoms with van der Waals surface area (Å²) < 4.78 is 34.9. The van der Waals surface area contributed by atoms with E-state index >= 15 is 0 Å². The molecule has 2 amide bonds. The number of imide groups is 1. The van der Waals surface area contributed by atoms with E-state index in [4.69, 9.17) is 4.74 Å². The third-order valence-electron chi connectivity index (χ3n) is 5.09. The number of methoxy groups -OCH3 is 1. The summed E-state index contributed by atoms with van der Waals surface area (Å²) in [5.41, 5.74) is 3.18. The number of alkyl halides is 2. The Morgan fingerprint density at radius 3 is 2.22 bits per heavy atom. The van der Waals surface area contributed by atoms with Crippen LogP contribution in [0.3, 0.4) is 0 Å². The molecule has 1 aliphatic rings. The summed E-state index contributed by atoms with van der Waals surface area (Å²) in [6.45, 7) is -1.08. The van der Waals surface area contributed by atoms with Gasteiger partial charge < -0.3 is 9.47 Å². The molecule has 0 saturated heterocycles. The van der Waals surface area contributed by atoms with Crippen LogP contribution in [-0.2, 0) is 4.79 Å². The molecule has 0 bridgehead atoms. The first-order valence-corrected chi connectivity index (χ1v) is 9.78. The second kappa shape index (κ2) is 8.63.